The zero-order chi connectivity index (χ0) is 10.3. The highest BCUT2D eigenvalue weighted by Crippen LogP contribution is 2.01. The molecule has 0 heterocycles. The van der Waals surface area contributed by atoms with Crippen LogP contribution in [-0.4, -0.2) is 30.0 Å². The van der Waals surface area contributed by atoms with Crippen molar-refractivity contribution in [2.75, 3.05) is 19.0 Å². The molecule has 0 aromatic heterocycles. The van der Waals surface area contributed by atoms with Crippen LogP contribution in [0.4, 0.5) is 0 Å². The molecule has 0 bridgehead atoms. The highest BCUT2D eigenvalue weighted by Gasteiger charge is 2.11. The van der Waals surface area contributed by atoms with Crippen LogP contribution in [0.25, 0.3) is 0 Å². The lowest BCUT2D eigenvalue weighted by Gasteiger charge is -2.13. The average Bonchev–Trinajstić information content (AvgIpc) is 2.13. The Labute approximate surface area is 84.5 Å². The van der Waals surface area contributed by atoms with Gasteiger partial charge in [-0.25, -0.2) is 0 Å². The number of aliphatic hydroxyl groups excluding tert-OH is 1. The SMILES string of the molecule is CC(CCO)CNC(=O)C(C)CCl. The first-order valence-corrected chi connectivity index (χ1v) is 5.09. The zero-order valence-corrected chi connectivity index (χ0v) is 8.97. The van der Waals surface area contributed by atoms with Gasteiger partial charge in [-0.2, -0.15) is 0 Å². The van der Waals surface area contributed by atoms with Crippen LogP contribution in [0.2, 0.25) is 0 Å². The Bertz CT molecular complexity index is 153. The van der Waals surface area contributed by atoms with Crippen LogP contribution in [0.3, 0.4) is 0 Å². The quantitative estimate of drug-likeness (QED) is 0.639. The number of rotatable bonds is 6. The summed E-state index contributed by atoms with van der Waals surface area (Å²) in [5, 5.41) is 11.4. The molecule has 0 fully saturated rings. The number of hydrogen-bond donors (Lipinski definition) is 2. The monoisotopic (exact) mass is 207 g/mol. The Morgan fingerprint density at radius 2 is 2.15 bits per heavy atom. The third-order valence-corrected chi connectivity index (χ3v) is 2.39. The Hall–Kier alpha value is -0.280. The molecule has 0 aliphatic heterocycles. The zero-order valence-electron chi connectivity index (χ0n) is 8.22. The Morgan fingerprint density at radius 1 is 1.54 bits per heavy atom. The minimum absolute atomic E-state index is 0.0141. The van der Waals surface area contributed by atoms with Crippen LogP contribution in [0.1, 0.15) is 20.3 Å². The Balaban J connectivity index is 3.57. The van der Waals surface area contributed by atoms with Crippen molar-refractivity contribution in [1.82, 2.24) is 5.32 Å². The first kappa shape index (κ1) is 12.7. The van der Waals surface area contributed by atoms with E-state index in [4.69, 9.17) is 16.7 Å². The summed E-state index contributed by atoms with van der Waals surface area (Å²) < 4.78 is 0. The van der Waals surface area contributed by atoms with Gasteiger partial charge in [0.05, 0.1) is 0 Å². The van der Waals surface area contributed by atoms with Gasteiger partial charge in [0.25, 0.3) is 0 Å². The lowest BCUT2D eigenvalue weighted by Crippen LogP contribution is -2.33. The number of amides is 1. The van der Waals surface area contributed by atoms with Gasteiger partial charge in [-0.15, -0.1) is 11.6 Å². The summed E-state index contributed by atoms with van der Waals surface area (Å²) in [6, 6.07) is 0. The maximum Gasteiger partial charge on any atom is 0.224 e. The van der Waals surface area contributed by atoms with Crippen molar-refractivity contribution in [1.29, 1.82) is 0 Å². The summed E-state index contributed by atoms with van der Waals surface area (Å²) in [5.41, 5.74) is 0. The second kappa shape index (κ2) is 7.15. The second-order valence-corrected chi connectivity index (χ2v) is 3.73. The van der Waals surface area contributed by atoms with Gasteiger partial charge < -0.3 is 10.4 Å². The van der Waals surface area contributed by atoms with Gasteiger partial charge >= 0.3 is 0 Å². The second-order valence-electron chi connectivity index (χ2n) is 3.42. The van der Waals surface area contributed by atoms with Gasteiger partial charge in [0.2, 0.25) is 5.91 Å². The molecule has 2 N–H and O–H groups in total. The number of hydrogen-bond acceptors (Lipinski definition) is 2. The molecule has 1 amide bonds. The van der Waals surface area contributed by atoms with Crippen molar-refractivity contribution in [3.8, 4) is 0 Å². The fourth-order valence-corrected chi connectivity index (χ4v) is 0.982. The van der Waals surface area contributed by atoms with Gasteiger partial charge in [-0.1, -0.05) is 13.8 Å². The maximum atomic E-state index is 11.2. The fraction of sp³-hybridized carbons (Fsp3) is 0.889. The van der Waals surface area contributed by atoms with Crippen molar-refractivity contribution < 1.29 is 9.90 Å². The molecular formula is C9H18ClNO2. The van der Waals surface area contributed by atoms with Crippen LogP contribution >= 0.6 is 11.6 Å². The van der Waals surface area contributed by atoms with Crippen molar-refractivity contribution in [3.63, 3.8) is 0 Å². The first-order chi connectivity index (χ1) is 6.11. The van der Waals surface area contributed by atoms with E-state index >= 15 is 0 Å². The van der Waals surface area contributed by atoms with Crippen molar-refractivity contribution in [3.05, 3.63) is 0 Å². The summed E-state index contributed by atoms with van der Waals surface area (Å²) >= 11 is 5.52. The van der Waals surface area contributed by atoms with Crippen LogP contribution in [0.5, 0.6) is 0 Å². The van der Waals surface area contributed by atoms with Gasteiger partial charge in [0.1, 0.15) is 0 Å². The van der Waals surface area contributed by atoms with Gasteiger partial charge in [0.15, 0.2) is 0 Å². The maximum absolute atomic E-state index is 11.2. The summed E-state index contributed by atoms with van der Waals surface area (Å²) in [7, 11) is 0. The minimum atomic E-state index is -0.136. The highest BCUT2D eigenvalue weighted by molar-refractivity contribution is 6.19. The van der Waals surface area contributed by atoms with Crippen LogP contribution in [0.15, 0.2) is 0 Å². The van der Waals surface area contributed by atoms with Crippen molar-refractivity contribution in [2.24, 2.45) is 11.8 Å². The van der Waals surface area contributed by atoms with Crippen LogP contribution in [-0.2, 0) is 4.79 Å². The molecular weight excluding hydrogens is 190 g/mol. The molecule has 2 atom stereocenters. The smallest absolute Gasteiger partial charge is 0.224 e. The third kappa shape index (κ3) is 5.88. The fourth-order valence-electron chi connectivity index (χ4n) is 0.842. The molecule has 3 nitrogen and oxygen atoms in total. The molecule has 2 unspecified atom stereocenters. The van der Waals surface area contributed by atoms with Gasteiger partial charge in [0, 0.05) is 24.9 Å². The van der Waals surface area contributed by atoms with E-state index in [9.17, 15) is 4.79 Å². The lowest BCUT2D eigenvalue weighted by atomic mass is 10.1. The van der Waals surface area contributed by atoms with Crippen molar-refractivity contribution >= 4 is 17.5 Å². The normalized spacial score (nSPS) is 15.1. The molecule has 0 radical (unpaired) electrons. The number of carbonyl (C=O) groups is 1. The van der Waals surface area contributed by atoms with E-state index in [1.165, 1.54) is 0 Å². The van der Waals surface area contributed by atoms with Crippen LogP contribution in [0, 0.1) is 11.8 Å². The van der Waals surface area contributed by atoms with E-state index in [0.717, 1.165) is 6.42 Å². The third-order valence-electron chi connectivity index (χ3n) is 1.93. The molecule has 0 aliphatic carbocycles. The van der Waals surface area contributed by atoms with E-state index in [2.05, 4.69) is 5.32 Å². The Morgan fingerprint density at radius 3 is 2.62 bits per heavy atom. The molecule has 0 aromatic carbocycles. The van der Waals surface area contributed by atoms with E-state index in [1.54, 1.807) is 6.92 Å². The first-order valence-electron chi connectivity index (χ1n) is 4.56. The van der Waals surface area contributed by atoms with E-state index in [1.807, 2.05) is 6.92 Å². The molecule has 4 heteroatoms. The molecule has 0 rings (SSSR count). The molecule has 0 saturated heterocycles. The van der Waals surface area contributed by atoms with Gasteiger partial charge in [-0.3, -0.25) is 4.79 Å². The summed E-state index contributed by atoms with van der Waals surface area (Å²) in [6.45, 7) is 4.56. The van der Waals surface area contributed by atoms with Gasteiger partial charge in [-0.05, 0) is 12.3 Å². The molecule has 0 aliphatic rings. The predicted octanol–water partition coefficient (Wildman–Crippen LogP) is 0.996. The molecule has 0 saturated carbocycles. The molecule has 78 valence electrons. The Kier molecular flexibility index (Phi) is 7.00. The van der Waals surface area contributed by atoms with E-state index in [0.29, 0.717) is 18.3 Å². The largest absolute Gasteiger partial charge is 0.396 e. The standard InChI is InChI=1S/C9H18ClNO2/c1-7(3-4-12)6-11-9(13)8(2)5-10/h7-8,12H,3-6H2,1-2H3,(H,11,13). The molecule has 0 spiro atoms. The lowest BCUT2D eigenvalue weighted by molar-refractivity contribution is -0.124. The van der Waals surface area contributed by atoms with E-state index < -0.39 is 0 Å². The summed E-state index contributed by atoms with van der Waals surface area (Å²) in [5.74, 6) is 0.513. The van der Waals surface area contributed by atoms with Crippen molar-refractivity contribution in [2.45, 2.75) is 20.3 Å². The predicted molar refractivity (Wildman–Crippen MR) is 53.8 cm³/mol. The van der Waals surface area contributed by atoms with E-state index in [-0.39, 0.29) is 18.4 Å². The number of halogens is 1. The minimum Gasteiger partial charge on any atom is -0.396 e. The number of alkyl halides is 1. The van der Waals surface area contributed by atoms with Crippen LogP contribution < -0.4 is 5.32 Å². The molecule has 13 heavy (non-hydrogen) atoms. The highest BCUT2D eigenvalue weighted by atomic mass is 35.5. The molecule has 0 aromatic rings. The summed E-state index contributed by atoms with van der Waals surface area (Å²) in [6.07, 6.45) is 0.718. The number of carbonyl (C=O) groups excluding carboxylic acids is 1. The average molecular weight is 208 g/mol. The topological polar surface area (TPSA) is 49.3 Å². The number of nitrogens with one attached hydrogen (secondary N) is 1. The number of aliphatic hydroxyl groups is 1. The summed E-state index contributed by atoms with van der Waals surface area (Å²) in [4.78, 5) is 11.2.